The van der Waals surface area contributed by atoms with Gasteiger partial charge in [-0.25, -0.2) is 14.1 Å². The SMILES string of the molecule is Cc1ccc(-c2nn(C)c3nc4ccccc4n3c2=O)cc1. The minimum absolute atomic E-state index is 0.148. The highest BCUT2D eigenvalue weighted by molar-refractivity contribution is 5.79. The molecule has 0 fully saturated rings. The van der Waals surface area contributed by atoms with E-state index in [0.29, 0.717) is 11.5 Å². The minimum atomic E-state index is -0.148. The first-order valence-electron chi connectivity index (χ1n) is 7.07. The van der Waals surface area contributed by atoms with Gasteiger partial charge in [0.2, 0.25) is 5.78 Å². The molecule has 5 nitrogen and oxygen atoms in total. The molecule has 22 heavy (non-hydrogen) atoms. The molecule has 0 unspecified atom stereocenters. The second-order valence-electron chi connectivity index (χ2n) is 5.38. The lowest BCUT2D eigenvalue weighted by atomic mass is 10.1. The van der Waals surface area contributed by atoms with Crippen LogP contribution in [0, 0.1) is 6.92 Å². The Morgan fingerprint density at radius 3 is 2.50 bits per heavy atom. The molecule has 0 aliphatic carbocycles. The molecule has 0 bridgehead atoms. The number of aromatic nitrogens is 4. The van der Waals surface area contributed by atoms with Gasteiger partial charge in [0.05, 0.1) is 11.0 Å². The van der Waals surface area contributed by atoms with Gasteiger partial charge < -0.3 is 0 Å². The minimum Gasteiger partial charge on any atom is -0.266 e. The van der Waals surface area contributed by atoms with Crippen LogP contribution >= 0.6 is 0 Å². The molecular formula is C17H14N4O. The van der Waals surface area contributed by atoms with Crippen molar-refractivity contribution in [1.82, 2.24) is 19.2 Å². The number of nitrogens with zero attached hydrogens (tertiary/aromatic N) is 4. The summed E-state index contributed by atoms with van der Waals surface area (Å²) in [4.78, 5) is 17.4. The Kier molecular flexibility index (Phi) is 2.63. The van der Waals surface area contributed by atoms with Crippen LogP contribution in [0.15, 0.2) is 53.3 Å². The summed E-state index contributed by atoms with van der Waals surface area (Å²) in [6, 6.07) is 15.4. The molecule has 0 radical (unpaired) electrons. The molecule has 0 atom stereocenters. The van der Waals surface area contributed by atoms with E-state index in [1.165, 1.54) is 0 Å². The van der Waals surface area contributed by atoms with E-state index in [2.05, 4.69) is 10.1 Å². The van der Waals surface area contributed by atoms with E-state index in [1.807, 2.05) is 55.5 Å². The van der Waals surface area contributed by atoms with Crippen LogP contribution in [0.2, 0.25) is 0 Å². The van der Waals surface area contributed by atoms with Crippen LogP contribution in [0.5, 0.6) is 0 Å². The van der Waals surface area contributed by atoms with E-state index in [1.54, 1.807) is 16.1 Å². The monoisotopic (exact) mass is 290 g/mol. The average Bonchev–Trinajstić information content (AvgIpc) is 2.92. The lowest BCUT2D eigenvalue weighted by Crippen LogP contribution is -2.21. The number of benzene rings is 2. The maximum Gasteiger partial charge on any atom is 0.286 e. The predicted molar refractivity (Wildman–Crippen MR) is 85.9 cm³/mol. The molecule has 0 spiro atoms. The van der Waals surface area contributed by atoms with Crippen LogP contribution in [0.1, 0.15) is 5.56 Å². The topological polar surface area (TPSA) is 52.2 Å². The van der Waals surface area contributed by atoms with Crippen LogP contribution in [-0.2, 0) is 7.05 Å². The number of aryl methyl sites for hydroxylation is 2. The van der Waals surface area contributed by atoms with Crippen LogP contribution in [-0.4, -0.2) is 19.2 Å². The second-order valence-corrected chi connectivity index (χ2v) is 5.38. The van der Waals surface area contributed by atoms with Gasteiger partial charge in [0.25, 0.3) is 5.56 Å². The molecule has 2 aromatic heterocycles. The van der Waals surface area contributed by atoms with Crippen molar-refractivity contribution in [2.75, 3.05) is 0 Å². The molecule has 0 amide bonds. The highest BCUT2D eigenvalue weighted by Gasteiger charge is 2.15. The molecule has 2 aromatic carbocycles. The Labute approximate surface area is 126 Å². The summed E-state index contributed by atoms with van der Waals surface area (Å²) < 4.78 is 3.27. The van der Waals surface area contributed by atoms with Gasteiger partial charge >= 0.3 is 0 Å². The summed E-state index contributed by atoms with van der Waals surface area (Å²) in [7, 11) is 1.80. The molecule has 0 saturated heterocycles. The van der Waals surface area contributed by atoms with Crippen molar-refractivity contribution in [3.05, 3.63) is 64.4 Å². The lowest BCUT2D eigenvalue weighted by molar-refractivity contribution is 0.732. The number of rotatable bonds is 1. The van der Waals surface area contributed by atoms with Crippen LogP contribution in [0.3, 0.4) is 0 Å². The van der Waals surface area contributed by atoms with Gasteiger partial charge in [-0.2, -0.15) is 5.10 Å². The highest BCUT2D eigenvalue weighted by Crippen LogP contribution is 2.17. The van der Waals surface area contributed by atoms with Crippen molar-refractivity contribution in [3.63, 3.8) is 0 Å². The van der Waals surface area contributed by atoms with E-state index in [-0.39, 0.29) is 5.56 Å². The van der Waals surface area contributed by atoms with Gasteiger partial charge in [0.1, 0.15) is 0 Å². The zero-order valence-electron chi connectivity index (χ0n) is 12.3. The molecule has 5 heteroatoms. The summed E-state index contributed by atoms with van der Waals surface area (Å²) in [5.74, 6) is 0.544. The number of fused-ring (bicyclic) bond motifs is 3. The van der Waals surface area contributed by atoms with E-state index in [9.17, 15) is 4.79 Å². The van der Waals surface area contributed by atoms with Gasteiger partial charge in [-0.3, -0.25) is 4.79 Å². The van der Waals surface area contributed by atoms with Crippen LogP contribution < -0.4 is 5.56 Å². The van der Waals surface area contributed by atoms with Crippen molar-refractivity contribution in [1.29, 1.82) is 0 Å². The molecular weight excluding hydrogens is 276 g/mol. The fraction of sp³-hybridized carbons (Fsp3) is 0.118. The average molecular weight is 290 g/mol. The summed E-state index contributed by atoms with van der Waals surface area (Å²) in [6.07, 6.45) is 0. The molecule has 2 heterocycles. The molecule has 0 aliphatic heterocycles. The molecule has 0 aliphatic rings. The van der Waals surface area contributed by atoms with Crippen LogP contribution in [0.4, 0.5) is 0 Å². The maximum atomic E-state index is 12.9. The summed E-state index contributed by atoms with van der Waals surface area (Å²) >= 11 is 0. The molecule has 0 saturated carbocycles. The van der Waals surface area contributed by atoms with Gasteiger partial charge in [0, 0.05) is 12.6 Å². The zero-order valence-corrected chi connectivity index (χ0v) is 12.3. The van der Waals surface area contributed by atoms with E-state index in [4.69, 9.17) is 0 Å². The van der Waals surface area contributed by atoms with Gasteiger partial charge in [-0.15, -0.1) is 0 Å². The first kappa shape index (κ1) is 12.8. The quantitative estimate of drug-likeness (QED) is 0.541. The third kappa shape index (κ3) is 1.75. The van der Waals surface area contributed by atoms with Gasteiger partial charge in [0.15, 0.2) is 5.69 Å². The number of para-hydroxylation sites is 2. The molecule has 4 aromatic rings. The lowest BCUT2D eigenvalue weighted by Gasteiger charge is -2.06. The third-order valence-electron chi connectivity index (χ3n) is 3.81. The number of hydrogen-bond acceptors (Lipinski definition) is 3. The third-order valence-corrected chi connectivity index (χ3v) is 3.81. The Balaban J connectivity index is 2.13. The van der Waals surface area contributed by atoms with Crippen molar-refractivity contribution in [2.45, 2.75) is 6.92 Å². The fourth-order valence-corrected chi connectivity index (χ4v) is 2.67. The van der Waals surface area contributed by atoms with Crippen molar-refractivity contribution in [2.24, 2.45) is 7.05 Å². The number of imidazole rings is 1. The molecule has 4 rings (SSSR count). The maximum absolute atomic E-state index is 12.9. The second kappa shape index (κ2) is 4.53. The van der Waals surface area contributed by atoms with E-state index >= 15 is 0 Å². The Bertz CT molecular complexity index is 1060. The van der Waals surface area contributed by atoms with Crippen LogP contribution in [0.25, 0.3) is 28.1 Å². The molecule has 0 N–H and O–H groups in total. The number of hydrogen-bond donors (Lipinski definition) is 0. The largest absolute Gasteiger partial charge is 0.286 e. The predicted octanol–water partition coefficient (Wildman–Crippen LogP) is 2.56. The molecule has 108 valence electrons. The first-order valence-corrected chi connectivity index (χ1v) is 7.07. The van der Waals surface area contributed by atoms with Crippen molar-refractivity contribution in [3.8, 4) is 11.3 Å². The summed E-state index contributed by atoms with van der Waals surface area (Å²) in [6.45, 7) is 2.02. The standard InChI is InChI=1S/C17H14N4O/c1-11-7-9-12(10-8-11)15-16(22)21-14-6-4-3-5-13(14)18-17(21)20(2)19-15/h3-10H,1-2H3. The smallest absolute Gasteiger partial charge is 0.266 e. The normalized spacial score (nSPS) is 11.4. The Morgan fingerprint density at radius 1 is 1.00 bits per heavy atom. The fourth-order valence-electron chi connectivity index (χ4n) is 2.67. The first-order chi connectivity index (χ1) is 10.6. The van der Waals surface area contributed by atoms with Crippen molar-refractivity contribution >= 4 is 16.8 Å². The van der Waals surface area contributed by atoms with E-state index < -0.39 is 0 Å². The Hall–Kier alpha value is -2.95. The zero-order chi connectivity index (χ0) is 15.3. The Morgan fingerprint density at radius 2 is 1.73 bits per heavy atom. The summed E-state index contributed by atoms with van der Waals surface area (Å²) in [5, 5.41) is 4.42. The van der Waals surface area contributed by atoms with Crippen molar-refractivity contribution < 1.29 is 0 Å². The highest BCUT2D eigenvalue weighted by atomic mass is 16.1. The summed E-state index contributed by atoms with van der Waals surface area (Å²) in [5.41, 5.74) is 3.83. The van der Waals surface area contributed by atoms with Gasteiger partial charge in [-0.05, 0) is 19.1 Å². The van der Waals surface area contributed by atoms with Gasteiger partial charge in [-0.1, -0.05) is 42.0 Å². The van der Waals surface area contributed by atoms with E-state index in [0.717, 1.165) is 22.2 Å².